The Labute approximate surface area is 184 Å². The van der Waals surface area contributed by atoms with Gasteiger partial charge in [-0.25, -0.2) is 9.50 Å². The largest absolute Gasteiger partial charge is 0.322 e. The van der Waals surface area contributed by atoms with Crippen LogP contribution in [0.1, 0.15) is 10.4 Å². The van der Waals surface area contributed by atoms with Crippen molar-refractivity contribution in [2.24, 2.45) is 0 Å². The average molecular weight is 425 g/mol. The quantitative estimate of drug-likeness (QED) is 0.386. The van der Waals surface area contributed by atoms with Crippen LogP contribution in [0.3, 0.4) is 0 Å². The summed E-state index contributed by atoms with van der Waals surface area (Å²) in [7, 11) is 0. The molecule has 150 valence electrons. The van der Waals surface area contributed by atoms with E-state index in [-0.39, 0.29) is 5.91 Å². The van der Waals surface area contributed by atoms with E-state index in [0.717, 1.165) is 22.5 Å². The number of aromatic nitrogens is 3. The number of fused-ring (bicyclic) bond motifs is 1. The van der Waals surface area contributed by atoms with Crippen molar-refractivity contribution in [3.63, 3.8) is 0 Å². The first-order valence-electron chi connectivity index (χ1n) is 9.75. The molecule has 3 aromatic carbocycles. The summed E-state index contributed by atoms with van der Waals surface area (Å²) in [4.78, 5) is 17.8. The Morgan fingerprint density at radius 3 is 2.26 bits per heavy atom. The van der Waals surface area contributed by atoms with E-state index in [1.54, 1.807) is 35.0 Å². The summed E-state index contributed by atoms with van der Waals surface area (Å²) in [6.07, 6.45) is 1.55. The maximum atomic E-state index is 13.0. The minimum atomic E-state index is -0.297. The van der Waals surface area contributed by atoms with Crippen molar-refractivity contribution >= 4 is 28.8 Å². The topological polar surface area (TPSA) is 59.3 Å². The third-order valence-corrected chi connectivity index (χ3v) is 5.17. The SMILES string of the molecule is O=C(Nc1cccc(Cl)c1)c1cnn2c(-c3ccccc3)cc(-c3ccccc3)nc12. The van der Waals surface area contributed by atoms with E-state index < -0.39 is 0 Å². The molecule has 0 bridgehead atoms. The van der Waals surface area contributed by atoms with Crippen LogP contribution in [-0.4, -0.2) is 20.5 Å². The van der Waals surface area contributed by atoms with Crippen molar-refractivity contribution in [3.05, 3.63) is 108 Å². The molecule has 0 aliphatic rings. The summed E-state index contributed by atoms with van der Waals surface area (Å²) < 4.78 is 1.70. The first-order chi connectivity index (χ1) is 15.2. The third kappa shape index (κ3) is 3.79. The van der Waals surface area contributed by atoms with Gasteiger partial charge in [0.15, 0.2) is 5.65 Å². The van der Waals surface area contributed by atoms with E-state index in [9.17, 15) is 4.79 Å². The van der Waals surface area contributed by atoms with Gasteiger partial charge in [-0.15, -0.1) is 0 Å². The van der Waals surface area contributed by atoms with Gasteiger partial charge in [-0.05, 0) is 24.3 Å². The minimum Gasteiger partial charge on any atom is -0.322 e. The van der Waals surface area contributed by atoms with Gasteiger partial charge in [0.1, 0.15) is 5.56 Å². The number of benzene rings is 3. The molecule has 5 nitrogen and oxygen atoms in total. The molecule has 0 saturated heterocycles. The molecule has 0 spiro atoms. The monoisotopic (exact) mass is 424 g/mol. The number of nitrogens with zero attached hydrogens (tertiary/aromatic N) is 3. The van der Waals surface area contributed by atoms with Gasteiger partial charge < -0.3 is 5.32 Å². The maximum absolute atomic E-state index is 13.0. The molecule has 6 heteroatoms. The lowest BCUT2D eigenvalue weighted by Crippen LogP contribution is -2.12. The van der Waals surface area contributed by atoms with Gasteiger partial charge in [-0.1, -0.05) is 78.3 Å². The van der Waals surface area contributed by atoms with Crippen LogP contribution < -0.4 is 5.32 Å². The third-order valence-electron chi connectivity index (χ3n) is 4.94. The molecular weight excluding hydrogens is 408 g/mol. The number of halogens is 1. The Morgan fingerprint density at radius 2 is 1.55 bits per heavy atom. The van der Waals surface area contributed by atoms with Crippen LogP contribution >= 0.6 is 11.6 Å². The van der Waals surface area contributed by atoms with Gasteiger partial charge >= 0.3 is 0 Å². The highest BCUT2D eigenvalue weighted by Crippen LogP contribution is 2.27. The zero-order valence-electron chi connectivity index (χ0n) is 16.4. The van der Waals surface area contributed by atoms with Crippen LogP contribution in [0.15, 0.2) is 97.2 Å². The number of carbonyl (C=O) groups is 1. The number of hydrogen-bond donors (Lipinski definition) is 1. The van der Waals surface area contributed by atoms with Gasteiger partial charge in [-0.2, -0.15) is 5.10 Å². The van der Waals surface area contributed by atoms with Gasteiger partial charge in [0.2, 0.25) is 0 Å². The number of nitrogens with one attached hydrogen (secondary N) is 1. The molecule has 0 aliphatic carbocycles. The number of hydrogen-bond acceptors (Lipinski definition) is 3. The Balaban J connectivity index is 1.66. The first kappa shape index (κ1) is 19.0. The van der Waals surface area contributed by atoms with Crippen molar-refractivity contribution in [1.82, 2.24) is 14.6 Å². The van der Waals surface area contributed by atoms with Gasteiger partial charge in [0.05, 0.1) is 17.6 Å². The molecule has 5 aromatic rings. The van der Waals surface area contributed by atoms with E-state index in [1.807, 2.05) is 66.7 Å². The lowest BCUT2D eigenvalue weighted by Gasteiger charge is -2.10. The summed E-state index contributed by atoms with van der Waals surface area (Å²) in [6.45, 7) is 0. The predicted molar refractivity (Wildman–Crippen MR) is 123 cm³/mol. The molecule has 1 N–H and O–H groups in total. The van der Waals surface area contributed by atoms with E-state index >= 15 is 0 Å². The van der Waals surface area contributed by atoms with E-state index in [0.29, 0.717) is 21.9 Å². The Hall–Kier alpha value is -3.96. The second kappa shape index (κ2) is 8.05. The normalized spacial score (nSPS) is 10.9. The van der Waals surface area contributed by atoms with Crippen LogP contribution in [0.25, 0.3) is 28.2 Å². The summed E-state index contributed by atoms with van der Waals surface area (Å²) >= 11 is 6.05. The van der Waals surface area contributed by atoms with Gasteiger partial charge in [-0.3, -0.25) is 4.79 Å². The predicted octanol–water partition coefficient (Wildman–Crippen LogP) is 5.97. The van der Waals surface area contributed by atoms with Crippen LogP contribution in [0.4, 0.5) is 5.69 Å². The highest BCUT2D eigenvalue weighted by molar-refractivity contribution is 6.31. The molecule has 0 unspecified atom stereocenters. The fourth-order valence-corrected chi connectivity index (χ4v) is 3.65. The summed E-state index contributed by atoms with van der Waals surface area (Å²) in [5, 5.41) is 7.91. The highest BCUT2D eigenvalue weighted by Gasteiger charge is 2.18. The molecule has 0 fully saturated rings. The molecule has 0 atom stereocenters. The van der Waals surface area contributed by atoms with Gasteiger partial charge in [0, 0.05) is 21.8 Å². The molecule has 0 radical (unpaired) electrons. The van der Waals surface area contributed by atoms with Gasteiger partial charge in [0.25, 0.3) is 5.91 Å². The average Bonchev–Trinajstić information content (AvgIpc) is 3.24. The maximum Gasteiger partial charge on any atom is 0.261 e. The zero-order valence-corrected chi connectivity index (χ0v) is 17.1. The lowest BCUT2D eigenvalue weighted by molar-refractivity contribution is 0.102. The number of carbonyl (C=O) groups excluding carboxylic acids is 1. The van der Waals surface area contributed by atoms with Crippen LogP contribution in [-0.2, 0) is 0 Å². The fourth-order valence-electron chi connectivity index (χ4n) is 3.46. The van der Waals surface area contributed by atoms with Crippen molar-refractivity contribution in [2.45, 2.75) is 0 Å². The second-order valence-corrected chi connectivity index (χ2v) is 7.45. The Bertz CT molecular complexity index is 1380. The van der Waals surface area contributed by atoms with E-state index in [1.165, 1.54) is 0 Å². The Kier molecular flexibility index (Phi) is 4.94. The second-order valence-electron chi connectivity index (χ2n) is 7.02. The molecular formula is C25H17ClN4O. The Morgan fingerprint density at radius 1 is 0.839 bits per heavy atom. The van der Waals surface area contributed by atoms with Crippen molar-refractivity contribution in [2.75, 3.05) is 5.32 Å². The molecule has 2 aromatic heterocycles. The van der Waals surface area contributed by atoms with Crippen LogP contribution in [0.2, 0.25) is 5.02 Å². The zero-order chi connectivity index (χ0) is 21.2. The fraction of sp³-hybridized carbons (Fsp3) is 0. The van der Waals surface area contributed by atoms with Crippen molar-refractivity contribution in [1.29, 1.82) is 0 Å². The summed E-state index contributed by atoms with van der Waals surface area (Å²) in [6, 6.07) is 28.8. The number of anilines is 1. The summed E-state index contributed by atoms with van der Waals surface area (Å²) in [5.74, 6) is -0.297. The highest BCUT2D eigenvalue weighted by atomic mass is 35.5. The van der Waals surface area contributed by atoms with Crippen LogP contribution in [0.5, 0.6) is 0 Å². The molecule has 1 amide bonds. The smallest absolute Gasteiger partial charge is 0.261 e. The summed E-state index contributed by atoms with van der Waals surface area (Å²) in [5.41, 5.74) is 5.05. The van der Waals surface area contributed by atoms with Crippen molar-refractivity contribution in [3.8, 4) is 22.5 Å². The molecule has 31 heavy (non-hydrogen) atoms. The molecule has 0 saturated carbocycles. The molecule has 2 heterocycles. The first-order valence-corrected chi connectivity index (χ1v) is 10.1. The van der Waals surface area contributed by atoms with E-state index in [2.05, 4.69) is 10.4 Å². The lowest BCUT2D eigenvalue weighted by atomic mass is 10.1. The van der Waals surface area contributed by atoms with Crippen LogP contribution in [0, 0.1) is 0 Å². The molecule has 5 rings (SSSR count). The number of amides is 1. The minimum absolute atomic E-state index is 0.297. The number of rotatable bonds is 4. The van der Waals surface area contributed by atoms with Crippen molar-refractivity contribution < 1.29 is 4.79 Å². The molecule has 0 aliphatic heterocycles. The standard InChI is InChI=1S/C25H17ClN4O/c26-19-12-7-13-20(14-19)28-25(31)21-16-27-30-23(18-10-5-2-6-11-18)15-22(29-24(21)30)17-8-3-1-4-9-17/h1-16H,(H,28,31). The van der Waals surface area contributed by atoms with E-state index in [4.69, 9.17) is 16.6 Å².